The minimum absolute atomic E-state index is 0.187. The van der Waals surface area contributed by atoms with Gasteiger partial charge in [-0.25, -0.2) is 0 Å². The van der Waals surface area contributed by atoms with Crippen LogP contribution in [0.1, 0.15) is 32.9 Å². The van der Waals surface area contributed by atoms with Gasteiger partial charge in [0, 0.05) is 32.0 Å². The standard InChI is InChI=1S/C13H24N2O/c1-13(2,3)8-12(16)10-14-9-11-6-5-7-15(11)4/h5-7,12,14,16H,8-10H2,1-4H3. The van der Waals surface area contributed by atoms with Gasteiger partial charge in [0.25, 0.3) is 0 Å². The van der Waals surface area contributed by atoms with Crippen molar-refractivity contribution in [3.8, 4) is 0 Å². The smallest absolute Gasteiger partial charge is 0.0669 e. The molecule has 0 radical (unpaired) electrons. The van der Waals surface area contributed by atoms with E-state index in [9.17, 15) is 5.11 Å². The first-order valence-electron chi connectivity index (χ1n) is 5.87. The number of nitrogens with zero attached hydrogens (tertiary/aromatic N) is 1. The Morgan fingerprint density at radius 2 is 2.12 bits per heavy atom. The molecule has 0 aliphatic carbocycles. The largest absolute Gasteiger partial charge is 0.392 e. The van der Waals surface area contributed by atoms with E-state index in [-0.39, 0.29) is 11.5 Å². The quantitative estimate of drug-likeness (QED) is 0.801. The molecule has 1 atom stereocenters. The summed E-state index contributed by atoms with van der Waals surface area (Å²) in [7, 11) is 2.03. The van der Waals surface area contributed by atoms with Crippen LogP contribution in [0.2, 0.25) is 0 Å². The summed E-state index contributed by atoms with van der Waals surface area (Å²) in [5.41, 5.74) is 1.43. The van der Waals surface area contributed by atoms with E-state index < -0.39 is 0 Å². The summed E-state index contributed by atoms with van der Waals surface area (Å²) in [5, 5.41) is 13.1. The van der Waals surface area contributed by atoms with E-state index >= 15 is 0 Å². The van der Waals surface area contributed by atoms with E-state index in [0.717, 1.165) is 13.0 Å². The van der Waals surface area contributed by atoms with Gasteiger partial charge < -0.3 is 15.0 Å². The fraction of sp³-hybridized carbons (Fsp3) is 0.692. The molecule has 0 aliphatic rings. The third kappa shape index (κ3) is 4.81. The Hall–Kier alpha value is -0.800. The maximum absolute atomic E-state index is 9.81. The minimum atomic E-state index is -0.264. The van der Waals surface area contributed by atoms with Gasteiger partial charge in [0.15, 0.2) is 0 Å². The second-order valence-corrected chi connectivity index (χ2v) is 5.66. The van der Waals surface area contributed by atoms with Crippen LogP contribution < -0.4 is 5.32 Å². The Labute approximate surface area is 98.5 Å². The Bertz CT molecular complexity index is 312. The fourth-order valence-electron chi connectivity index (χ4n) is 1.83. The summed E-state index contributed by atoms with van der Waals surface area (Å²) in [6.07, 6.45) is 2.59. The van der Waals surface area contributed by atoms with Gasteiger partial charge in [-0.1, -0.05) is 20.8 Å². The normalized spacial score (nSPS) is 14.1. The lowest BCUT2D eigenvalue weighted by Crippen LogP contribution is -2.30. The molecule has 0 saturated heterocycles. The minimum Gasteiger partial charge on any atom is -0.392 e. The zero-order valence-electron chi connectivity index (χ0n) is 10.8. The average Bonchev–Trinajstić information content (AvgIpc) is 2.48. The topological polar surface area (TPSA) is 37.2 Å². The molecule has 1 unspecified atom stereocenters. The lowest BCUT2D eigenvalue weighted by atomic mass is 9.89. The van der Waals surface area contributed by atoms with E-state index in [4.69, 9.17) is 0 Å². The molecule has 0 aliphatic heterocycles. The van der Waals surface area contributed by atoms with Crippen LogP contribution in [0.5, 0.6) is 0 Å². The number of hydrogen-bond donors (Lipinski definition) is 2. The second kappa shape index (κ2) is 5.51. The predicted molar refractivity (Wildman–Crippen MR) is 67.2 cm³/mol. The molecule has 0 aromatic carbocycles. The van der Waals surface area contributed by atoms with E-state index in [1.54, 1.807) is 0 Å². The Morgan fingerprint density at radius 3 is 2.62 bits per heavy atom. The van der Waals surface area contributed by atoms with Gasteiger partial charge in [0.1, 0.15) is 0 Å². The maximum atomic E-state index is 9.81. The number of hydrogen-bond acceptors (Lipinski definition) is 2. The summed E-state index contributed by atoms with van der Waals surface area (Å²) in [5.74, 6) is 0. The molecule has 1 aromatic rings. The van der Waals surface area contributed by atoms with Gasteiger partial charge >= 0.3 is 0 Å². The van der Waals surface area contributed by atoms with Crippen LogP contribution in [-0.2, 0) is 13.6 Å². The van der Waals surface area contributed by atoms with Crippen molar-refractivity contribution in [2.45, 2.75) is 39.8 Å². The van der Waals surface area contributed by atoms with E-state index in [2.05, 4.69) is 36.7 Å². The van der Waals surface area contributed by atoms with Crippen LogP contribution in [0.3, 0.4) is 0 Å². The van der Waals surface area contributed by atoms with Crippen LogP contribution in [0.15, 0.2) is 18.3 Å². The van der Waals surface area contributed by atoms with Crippen molar-refractivity contribution in [3.63, 3.8) is 0 Å². The lowest BCUT2D eigenvalue weighted by molar-refractivity contribution is 0.119. The van der Waals surface area contributed by atoms with Crippen molar-refractivity contribution in [1.29, 1.82) is 0 Å². The number of aliphatic hydroxyl groups excluding tert-OH is 1. The van der Waals surface area contributed by atoms with Crippen molar-refractivity contribution >= 4 is 0 Å². The molecule has 1 heterocycles. The number of aromatic nitrogens is 1. The van der Waals surface area contributed by atoms with E-state index in [1.807, 2.05) is 19.3 Å². The summed E-state index contributed by atoms with van der Waals surface area (Å²) in [6, 6.07) is 4.12. The van der Waals surface area contributed by atoms with Crippen molar-refractivity contribution < 1.29 is 5.11 Å². The molecule has 2 N–H and O–H groups in total. The highest BCUT2D eigenvalue weighted by atomic mass is 16.3. The van der Waals surface area contributed by atoms with Crippen LogP contribution in [-0.4, -0.2) is 22.3 Å². The first kappa shape index (κ1) is 13.3. The van der Waals surface area contributed by atoms with Crippen LogP contribution in [0, 0.1) is 5.41 Å². The van der Waals surface area contributed by atoms with Crippen molar-refractivity contribution in [3.05, 3.63) is 24.0 Å². The van der Waals surface area contributed by atoms with Gasteiger partial charge in [-0.2, -0.15) is 0 Å². The first-order chi connectivity index (χ1) is 7.38. The van der Waals surface area contributed by atoms with Gasteiger partial charge in [-0.15, -0.1) is 0 Å². The van der Waals surface area contributed by atoms with Crippen LogP contribution in [0.25, 0.3) is 0 Å². The number of rotatable bonds is 5. The zero-order chi connectivity index (χ0) is 12.2. The van der Waals surface area contributed by atoms with Crippen molar-refractivity contribution in [1.82, 2.24) is 9.88 Å². The summed E-state index contributed by atoms with van der Waals surface area (Å²) in [6.45, 7) is 7.90. The van der Waals surface area contributed by atoms with Crippen LogP contribution >= 0.6 is 0 Å². The van der Waals surface area contributed by atoms with Crippen LogP contribution in [0.4, 0.5) is 0 Å². The molecular weight excluding hydrogens is 200 g/mol. The van der Waals surface area contributed by atoms with Crippen molar-refractivity contribution in [2.75, 3.05) is 6.54 Å². The third-order valence-electron chi connectivity index (χ3n) is 2.59. The molecule has 92 valence electrons. The molecule has 0 saturated carbocycles. The molecule has 0 amide bonds. The number of aryl methyl sites for hydroxylation is 1. The molecular formula is C13H24N2O. The summed E-state index contributed by atoms with van der Waals surface area (Å²) in [4.78, 5) is 0. The number of aliphatic hydroxyl groups is 1. The van der Waals surface area contributed by atoms with Gasteiger partial charge in [-0.05, 0) is 24.0 Å². The SMILES string of the molecule is Cn1cccc1CNCC(O)CC(C)(C)C. The second-order valence-electron chi connectivity index (χ2n) is 5.66. The highest BCUT2D eigenvalue weighted by Gasteiger charge is 2.16. The molecule has 16 heavy (non-hydrogen) atoms. The molecule has 3 nitrogen and oxygen atoms in total. The molecule has 3 heteroatoms. The average molecular weight is 224 g/mol. The molecule has 1 rings (SSSR count). The van der Waals surface area contributed by atoms with Crippen molar-refractivity contribution in [2.24, 2.45) is 12.5 Å². The monoisotopic (exact) mass is 224 g/mol. The van der Waals surface area contributed by atoms with E-state index in [0.29, 0.717) is 6.54 Å². The van der Waals surface area contributed by atoms with E-state index in [1.165, 1.54) is 5.69 Å². The molecule has 0 fully saturated rings. The highest BCUT2D eigenvalue weighted by molar-refractivity contribution is 5.05. The Balaban J connectivity index is 2.23. The van der Waals surface area contributed by atoms with Gasteiger partial charge in [-0.3, -0.25) is 0 Å². The number of nitrogens with one attached hydrogen (secondary N) is 1. The highest BCUT2D eigenvalue weighted by Crippen LogP contribution is 2.20. The summed E-state index contributed by atoms with van der Waals surface area (Å²) >= 11 is 0. The Kier molecular flexibility index (Phi) is 4.56. The fourth-order valence-corrected chi connectivity index (χ4v) is 1.83. The lowest BCUT2D eigenvalue weighted by Gasteiger charge is -2.22. The summed E-state index contributed by atoms with van der Waals surface area (Å²) < 4.78 is 2.09. The Morgan fingerprint density at radius 1 is 1.44 bits per heavy atom. The predicted octanol–water partition coefficient (Wildman–Crippen LogP) is 1.91. The first-order valence-corrected chi connectivity index (χ1v) is 5.87. The zero-order valence-corrected chi connectivity index (χ0v) is 10.8. The van der Waals surface area contributed by atoms with Gasteiger partial charge in [0.2, 0.25) is 0 Å². The maximum Gasteiger partial charge on any atom is 0.0669 e. The molecule has 1 aromatic heterocycles. The molecule has 0 bridgehead atoms. The van der Waals surface area contributed by atoms with Gasteiger partial charge in [0.05, 0.1) is 6.10 Å². The molecule has 0 spiro atoms. The third-order valence-corrected chi connectivity index (χ3v) is 2.59.